The summed E-state index contributed by atoms with van der Waals surface area (Å²) < 4.78 is 16.1. The fourth-order valence-corrected chi connectivity index (χ4v) is 3.48. The normalized spacial score (nSPS) is 10.2. The van der Waals surface area contributed by atoms with E-state index in [-0.39, 0.29) is 36.8 Å². The molecule has 3 rings (SSSR count). The number of nitriles is 1. The van der Waals surface area contributed by atoms with Crippen LogP contribution in [-0.2, 0) is 13.1 Å². The van der Waals surface area contributed by atoms with Gasteiger partial charge in [0, 0.05) is 32.0 Å². The van der Waals surface area contributed by atoms with E-state index in [1.54, 1.807) is 35.5 Å². The summed E-state index contributed by atoms with van der Waals surface area (Å²) in [4.78, 5) is 25.6. The van der Waals surface area contributed by atoms with E-state index >= 15 is 0 Å². The van der Waals surface area contributed by atoms with E-state index < -0.39 is 4.92 Å². The average Bonchev–Trinajstić information content (AvgIpc) is 2.89. The number of pyridine rings is 1. The second-order valence-corrected chi connectivity index (χ2v) is 7.23. The van der Waals surface area contributed by atoms with Gasteiger partial charge in [-0.25, -0.2) is 9.97 Å². The zero-order valence-electron chi connectivity index (χ0n) is 19.6. The van der Waals surface area contributed by atoms with Gasteiger partial charge in [-0.15, -0.1) is 0 Å². The minimum atomic E-state index is -0.532. The number of benzene rings is 1. The lowest BCUT2D eigenvalue weighted by Crippen LogP contribution is -2.26. The molecular weight excluding hydrogens is 454 g/mol. The molecule has 35 heavy (non-hydrogen) atoms. The van der Waals surface area contributed by atoms with Crippen molar-refractivity contribution >= 4 is 17.3 Å². The first-order chi connectivity index (χ1) is 17.0. The van der Waals surface area contributed by atoms with Crippen molar-refractivity contribution in [1.82, 2.24) is 15.0 Å². The van der Waals surface area contributed by atoms with E-state index in [0.717, 1.165) is 11.1 Å². The smallest absolute Gasteiger partial charge is 0.353 e. The summed E-state index contributed by atoms with van der Waals surface area (Å²) in [6.07, 6.45) is 4.72. The van der Waals surface area contributed by atoms with Crippen LogP contribution in [0.2, 0.25) is 0 Å². The zero-order valence-corrected chi connectivity index (χ0v) is 19.6. The molecule has 2 heterocycles. The van der Waals surface area contributed by atoms with E-state index in [4.69, 9.17) is 19.5 Å². The second-order valence-electron chi connectivity index (χ2n) is 7.23. The molecule has 12 heteroatoms. The number of nitro groups is 1. The summed E-state index contributed by atoms with van der Waals surface area (Å²) in [6.45, 7) is 0.726. The van der Waals surface area contributed by atoms with Gasteiger partial charge in [0.2, 0.25) is 17.4 Å². The minimum Gasteiger partial charge on any atom is -0.493 e. The number of hydrogen-bond donors (Lipinski definition) is 1. The third kappa shape index (κ3) is 6.02. The maximum absolute atomic E-state index is 12.1. The quantitative estimate of drug-likeness (QED) is 0.301. The predicted molar refractivity (Wildman–Crippen MR) is 128 cm³/mol. The highest BCUT2D eigenvalue weighted by Crippen LogP contribution is 2.39. The molecule has 0 spiro atoms. The van der Waals surface area contributed by atoms with Gasteiger partial charge in [0.1, 0.15) is 6.33 Å². The number of nitrogens with zero attached hydrogens (tertiary/aromatic N) is 6. The molecule has 0 saturated heterocycles. The monoisotopic (exact) mass is 479 g/mol. The number of hydrogen-bond acceptors (Lipinski definition) is 11. The highest BCUT2D eigenvalue weighted by molar-refractivity contribution is 5.70. The van der Waals surface area contributed by atoms with Gasteiger partial charge in [0.25, 0.3) is 0 Å². The fraction of sp³-hybridized carbons (Fsp3) is 0.304. The van der Waals surface area contributed by atoms with Crippen molar-refractivity contribution in [2.75, 3.05) is 38.1 Å². The molecule has 0 unspecified atom stereocenters. The Balaban J connectivity index is 1.94. The van der Waals surface area contributed by atoms with Crippen LogP contribution in [-0.4, -0.2) is 47.7 Å². The largest absolute Gasteiger partial charge is 0.493 e. The molecule has 0 saturated carbocycles. The van der Waals surface area contributed by atoms with Gasteiger partial charge < -0.3 is 24.4 Å². The molecule has 0 bridgehead atoms. The summed E-state index contributed by atoms with van der Waals surface area (Å²) in [6, 6.07) is 9.18. The number of methoxy groups -OCH3 is 3. The summed E-state index contributed by atoms with van der Waals surface area (Å²) in [5.74, 6) is 1.51. The molecule has 3 aromatic rings. The summed E-state index contributed by atoms with van der Waals surface area (Å²) in [5.41, 5.74) is 1.26. The lowest BCUT2D eigenvalue weighted by Gasteiger charge is -2.23. The van der Waals surface area contributed by atoms with Gasteiger partial charge in [-0.2, -0.15) is 5.26 Å². The Labute approximate surface area is 202 Å². The predicted octanol–water partition coefficient (Wildman–Crippen LogP) is 3.34. The Morgan fingerprint density at radius 1 is 1.14 bits per heavy atom. The molecule has 0 radical (unpaired) electrons. The number of anilines is 2. The van der Waals surface area contributed by atoms with Gasteiger partial charge in [0.05, 0.1) is 38.7 Å². The first kappa shape index (κ1) is 25.0. The van der Waals surface area contributed by atoms with Crippen molar-refractivity contribution in [3.8, 4) is 23.3 Å². The molecule has 0 atom stereocenters. The van der Waals surface area contributed by atoms with Crippen LogP contribution >= 0.6 is 0 Å². The summed E-state index contributed by atoms with van der Waals surface area (Å²) >= 11 is 0. The minimum absolute atomic E-state index is 0.0434. The molecule has 12 nitrogen and oxygen atoms in total. The van der Waals surface area contributed by atoms with E-state index in [9.17, 15) is 10.1 Å². The molecule has 1 aromatic carbocycles. The van der Waals surface area contributed by atoms with Gasteiger partial charge in [-0.1, -0.05) is 6.07 Å². The maximum Gasteiger partial charge on any atom is 0.353 e. The van der Waals surface area contributed by atoms with Crippen LogP contribution in [0, 0.1) is 21.4 Å². The van der Waals surface area contributed by atoms with Crippen molar-refractivity contribution in [1.29, 1.82) is 5.26 Å². The van der Waals surface area contributed by atoms with Crippen molar-refractivity contribution < 1.29 is 19.1 Å². The molecule has 0 fully saturated rings. The molecule has 0 aliphatic rings. The molecular formula is C23H25N7O5. The second kappa shape index (κ2) is 12.0. The van der Waals surface area contributed by atoms with Crippen LogP contribution in [0.25, 0.3) is 0 Å². The number of nitrogens with one attached hydrogen (secondary N) is 1. The maximum atomic E-state index is 12.1. The van der Waals surface area contributed by atoms with Crippen LogP contribution in [0.3, 0.4) is 0 Å². The van der Waals surface area contributed by atoms with E-state index in [1.165, 1.54) is 27.7 Å². The Kier molecular flexibility index (Phi) is 8.55. The van der Waals surface area contributed by atoms with Crippen LogP contribution in [0.5, 0.6) is 17.2 Å². The van der Waals surface area contributed by atoms with Crippen molar-refractivity contribution in [2.45, 2.75) is 19.5 Å². The topological polar surface area (TPSA) is 149 Å². The zero-order chi connectivity index (χ0) is 25.2. The Hall–Kier alpha value is -4.66. The molecule has 2 aromatic heterocycles. The Morgan fingerprint density at radius 2 is 1.89 bits per heavy atom. The van der Waals surface area contributed by atoms with Crippen molar-refractivity contribution in [2.24, 2.45) is 0 Å². The first-order valence-electron chi connectivity index (χ1n) is 10.5. The molecule has 0 aliphatic heterocycles. The summed E-state index contributed by atoms with van der Waals surface area (Å²) in [5, 5.41) is 24.2. The molecule has 0 aliphatic carbocycles. The van der Waals surface area contributed by atoms with Gasteiger partial charge >= 0.3 is 5.69 Å². The van der Waals surface area contributed by atoms with E-state index in [0.29, 0.717) is 23.8 Å². The fourth-order valence-electron chi connectivity index (χ4n) is 3.48. The molecule has 1 N–H and O–H groups in total. The lowest BCUT2D eigenvalue weighted by atomic mass is 10.1. The van der Waals surface area contributed by atoms with Crippen LogP contribution in [0.15, 0.2) is 43.0 Å². The van der Waals surface area contributed by atoms with Gasteiger partial charge in [-0.3, -0.25) is 15.1 Å². The number of ether oxygens (including phenoxy) is 3. The molecule has 182 valence electrons. The van der Waals surface area contributed by atoms with Gasteiger partial charge in [-0.05, 0) is 29.3 Å². The van der Waals surface area contributed by atoms with Crippen LogP contribution in [0.4, 0.5) is 17.3 Å². The van der Waals surface area contributed by atoms with E-state index in [1.807, 2.05) is 6.07 Å². The molecule has 0 amide bonds. The first-order valence-corrected chi connectivity index (χ1v) is 10.5. The van der Waals surface area contributed by atoms with Crippen molar-refractivity contribution in [3.63, 3.8) is 0 Å². The van der Waals surface area contributed by atoms with Crippen LogP contribution < -0.4 is 24.4 Å². The van der Waals surface area contributed by atoms with E-state index in [2.05, 4.69) is 26.3 Å². The highest BCUT2D eigenvalue weighted by atomic mass is 16.6. The van der Waals surface area contributed by atoms with Crippen molar-refractivity contribution in [3.05, 3.63) is 64.2 Å². The summed E-state index contributed by atoms with van der Waals surface area (Å²) in [7, 11) is 4.52. The third-order valence-electron chi connectivity index (χ3n) is 5.06. The lowest BCUT2D eigenvalue weighted by molar-refractivity contribution is -0.383. The van der Waals surface area contributed by atoms with Gasteiger partial charge in [0.15, 0.2) is 11.5 Å². The standard InChI is InChI=1S/C23H25N7O5/c1-33-18-10-17(11-19(34-2)21(18)35-3)13-26-22-20(30(31)32)23(28-15-27-22)29(9-5-7-24)14-16-6-4-8-25-12-16/h4,6,8,10-12,15H,5,9,13-14H2,1-3H3,(H,26,27,28). The average molecular weight is 479 g/mol. The van der Waals surface area contributed by atoms with Crippen LogP contribution in [0.1, 0.15) is 17.5 Å². The Morgan fingerprint density at radius 3 is 2.46 bits per heavy atom. The third-order valence-corrected chi connectivity index (χ3v) is 5.06. The highest BCUT2D eigenvalue weighted by Gasteiger charge is 2.27. The number of aromatic nitrogens is 3. The number of rotatable bonds is 12. The Bertz CT molecular complexity index is 1180. The SMILES string of the molecule is COc1cc(CNc2ncnc(N(CCC#N)Cc3cccnc3)c2[N+](=O)[O-])cc(OC)c1OC.